The van der Waals surface area contributed by atoms with Gasteiger partial charge in [0.25, 0.3) is 0 Å². The molecule has 5 heteroatoms. The van der Waals surface area contributed by atoms with Crippen molar-refractivity contribution in [2.75, 3.05) is 5.73 Å². The Hall–Kier alpha value is -2.07. The molecule has 96 valence electrons. The van der Waals surface area contributed by atoms with Crippen LogP contribution in [0.5, 0.6) is 0 Å². The number of nitrogens with two attached hydrogens (primary N) is 1. The first kappa shape index (κ1) is 12.0. The van der Waals surface area contributed by atoms with Gasteiger partial charge in [-0.1, -0.05) is 11.6 Å². The van der Waals surface area contributed by atoms with Crippen molar-refractivity contribution in [3.8, 4) is 11.5 Å². The highest BCUT2D eigenvalue weighted by Gasteiger charge is 2.11. The Morgan fingerprint density at radius 3 is 2.79 bits per heavy atom. The number of anilines is 1. The highest BCUT2D eigenvalue weighted by atomic mass is 35.5. The van der Waals surface area contributed by atoms with Crippen molar-refractivity contribution in [2.24, 2.45) is 0 Å². The van der Waals surface area contributed by atoms with Gasteiger partial charge < -0.3 is 10.2 Å². The summed E-state index contributed by atoms with van der Waals surface area (Å²) < 4.78 is 18.9. The molecule has 0 atom stereocenters. The number of rotatable bonds is 1. The Labute approximate surface area is 113 Å². The molecule has 0 aliphatic heterocycles. The molecule has 0 saturated carbocycles. The van der Waals surface area contributed by atoms with Gasteiger partial charge in [0, 0.05) is 11.6 Å². The van der Waals surface area contributed by atoms with E-state index in [2.05, 4.69) is 4.98 Å². The zero-order valence-corrected chi connectivity index (χ0v) is 10.8. The summed E-state index contributed by atoms with van der Waals surface area (Å²) in [5.41, 5.74) is 8.57. The Morgan fingerprint density at radius 1 is 1.26 bits per heavy atom. The third-order valence-electron chi connectivity index (χ3n) is 2.91. The third kappa shape index (κ3) is 2.04. The zero-order chi connectivity index (χ0) is 13.6. The molecule has 2 aromatic carbocycles. The minimum absolute atomic E-state index is 0.257. The minimum atomic E-state index is -0.257. The van der Waals surface area contributed by atoms with E-state index >= 15 is 0 Å². The average molecular weight is 277 g/mol. The van der Waals surface area contributed by atoms with Crippen molar-refractivity contribution in [3.63, 3.8) is 0 Å². The molecule has 19 heavy (non-hydrogen) atoms. The highest BCUT2D eigenvalue weighted by Crippen LogP contribution is 2.30. The zero-order valence-electron chi connectivity index (χ0n) is 10.1. The number of hydrogen-bond acceptors (Lipinski definition) is 3. The molecule has 0 radical (unpaired) electrons. The lowest BCUT2D eigenvalue weighted by Gasteiger charge is -1.98. The molecule has 3 aromatic rings. The van der Waals surface area contributed by atoms with Crippen LogP contribution in [0.15, 0.2) is 34.7 Å². The molecule has 3 rings (SSSR count). The number of fused-ring (bicyclic) bond motifs is 1. The van der Waals surface area contributed by atoms with Crippen molar-refractivity contribution in [3.05, 3.63) is 46.7 Å². The summed E-state index contributed by atoms with van der Waals surface area (Å²) in [6.45, 7) is 1.69. The van der Waals surface area contributed by atoms with Crippen molar-refractivity contribution in [1.29, 1.82) is 0 Å². The van der Waals surface area contributed by atoms with Crippen LogP contribution in [0.3, 0.4) is 0 Å². The van der Waals surface area contributed by atoms with Crippen LogP contribution in [0.4, 0.5) is 10.1 Å². The number of benzene rings is 2. The number of nitrogen functional groups attached to an aromatic ring is 1. The normalized spacial score (nSPS) is 11.1. The summed E-state index contributed by atoms with van der Waals surface area (Å²) in [6.07, 6.45) is 0. The van der Waals surface area contributed by atoms with Crippen LogP contribution >= 0.6 is 11.6 Å². The minimum Gasteiger partial charge on any atom is -0.436 e. The standard InChI is InChI=1S/C14H10ClFN2O/c1-7-4-8(2-3-10(7)16)14-18-12-5-9(15)11(17)6-13(12)19-14/h2-6H,17H2,1H3. The third-order valence-corrected chi connectivity index (χ3v) is 3.24. The number of aromatic nitrogens is 1. The number of aryl methyl sites for hydroxylation is 1. The second kappa shape index (κ2) is 4.24. The van der Waals surface area contributed by atoms with E-state index in [0.29, 0.717) is 38.8 Å². The molecule has 3 nitrogen and oxygen atoms in total. The van der Waals surface area contributed by atoms with Crippen LogP contribution in [0, 0.1) is 12.7 Å². The topological polar surface area (TPSA) is 52.0 Å². The van der Waals surface area contributed by atoms with Crippen LogP contribution in [-0.4, -0.2) is 4.98 Å². The molecular weight excluding hydrogens is 267 g/mol. The first-order chi connectivity index (χ1) is 9.04. The van der Waals surface area contributed by atoms with Crippen molar-refractivity contribution in [2.45, 2.75) is 6.92 Å². The van der Waals surface area contributed by atoms with Crippen LogP contribution in [0.1, 0.15) is 5.56 Å². The van der Waals surface area contributed by atoms with E-state index in [-0.39, 0.29) is 5.82 Å². The first-order valence-corrected chi connectivity index (χ1v) is 6.04. The summed E-state index contributed by atoms with van der Waals surface area (Å²) in [7, 11) is 0. The molecule has 0 aliphatic rings. The van der Waals surface area contributed by atoms with Gasteiger partial charge >= 0.3 is 0 Å². The fourth-order valence-electron chi connectivity index (χ4n) is 1.87. The van der Waals surface area contributed by atoms with Gasteiger partial charge in [0.2, 0.25) is 5.89 Å². The number of nitrogens with zero attached hydrogens (tertiary/aromatic N) is 1. The van der Waals surface area contributed by atoms with Gasteiger partial charge in [0.15, 0.2) is 5.58 Å². The fourth-order valence-corrected chi connectivity index (χ4v) is 2.02. The maximum Gasteiger partial charge on any atom is 0.227 e. The van der Waals surface area contributed by atoms with Crippen molar-refractivity contribution >= 4 is 28.4 Å². The number of hydrogen-bond donors (Lipinski definition) is 1. The van der Waals surface area contributed by atoms with Crippen LogP contribution in [0.25, 0.3) is 22.6 Å². The molecule has 0 aliphatic carbocycles. The monoisotopic (exact) mass is 276 g/mol. The van der Waals surface area contributed by atoms with E-state index in [9.17, 15) is 4.39 Å². The van der Waals surface area contributed by atoms with Crippen LogP contribution < -0.4 is 5.73 Å². The summed E-state index contributed by atoms with van der Waals surface area (Å²) in [5.74, 6) is 0.159. The molecule has 0 bridgehead atoms. The van der Waals surface area contributed by atoms with Crippen molar-refractivity contribution < 1.29 is 8.81 Å². The second-order valence-corrected chi connectivity index (χ2v) is 4.73. The molecule has 2 N–H and O–H groups in total. The molecule has 0 fully saturated rings. The maximum atomic E-state index is 13.2. The van der Waals surface area contributed by atoms with Gasteiger partial charge in [0.05, 0.1) is 10.7 Å². The lowest BCUT2D eigenvalue weighted by Crippen LogP contribution is -1.85. The van der Waals surface area contributed by atoms with E-state index in [1.54, 1.807) is 31.2 Å². The largest absolute Gasteiger partial charge is 0.436 e. The molecule has 0 spiro atoms. The second-order valence-electron chi connectivity index (χ2n) is 4.32. The fraction of sp³-hybridized carbons (Fsp3) is 0.0714. The average Bonchev–Trinajstić information content (AvgIpc) is 2.76. The van der Waals surface area contributed by atoms with E-state index < -0.39 is 0 Å². The predicted molar refractivity (Wildman–Crippen MR) is 73.6 cm³/mol. The maximum absolute atomic E-state index is 13.2. The van der Waals surface area contributed by atoms with Crippen LogP contribution in [-0.2, 0) is 0 Å². The van der Waals surface area contributed by atoms with Gasteiger partial charge in [-0.3, -0.25) is 0 Å². The predicted octanol–water partition coefficient (Wildman–Crippen LogP) is 4.18. The van der Waals surface area contributed by atoms with Gasteiger partial charge in [-0.15, -0.1) is 0 Å². The molecule has 0 unspecified atom stereocenters. The van der Waals surface area contributed by atoms with E-state index in [4.69, 9.17) is 21.8 Å². The Balaban J connectivity index is 2.17. The quantitative estimate of drug-likeness (QED) is 0.678. The Bertz CT molecular complexity index is 743. The number of halogens is 2. The lowest BCUT2D eigenvalue weighted by molar-refractivity contribution is 0.612. The molecule has 0 amide bonds. The van der Waals surface area contributed by atoms with Gasteiger partial charge in [-0.2, -0.15) is 0 Å². The smallest absolute Gasteiger partial charge is 0.227 e. The summed E-state index contributed by atoms with van der Waals surface area (Å²) in [4.78, 5) is 4.33. The van der Waals surface area contributed by atoms with E-state index in [1.165, 1.54) is 6.07 Å². The summed E-state index contributed by atoms with van der Waals surface area (Å²) >= 11 is 5.93. The molecular formula is C14H10ClFN2O. The SMILES string of the molecule is Cc1cc(-c2nc3cc(Cl)c(N)cc3o2)ccc1F. The Morgan fingerprint density at radius 2 is 2.05 bits per heavy atom. The first-order valence-electron chi connectivity index (χ1n) is 5.66. The molecule has 1 aromatic heterocycles. The highest BCUT2D eigenvalue weighted by molar-refractivity contribution is 6.33. The lowest BCUT2D eigenvalue weighted by atomic mass is 10.1. The molecule has 0 saturated heterocycles. The van der Waals surface area contributed by atoms with Crippen LogP contribution in [0.2, 0.25) is 5.02 Å². The number of oxazole rings is 1. The molecule has 1 heterocycles. The van der Waals surface area contributed by atoms with Gasteiger partial charge in [-0.25, -0.2) is 9.37 Å². The Kier molecular flexibility index (Phi) is 2.68. The van der Waals surface area contributed by atoms with Crippen molar-refractivity contribution in [1.82, 2.24) is 4.98 Å². The van der Waals surface area contributed by atoms with E-state index in [0.717, 1.165) is 0 Å². The summed E-state index contributed by atoms with van der Waals surface area (Å²) in [6, 6.07) is 7.98. The van der Waals surface area contributed by atoms with Gasteiger partial charge in [0.1, 0.15) is 11.3 Å². The summed E-state index contributed by atoms with van der Waals surface area (Å²) in [5, 5.41) is 0.433. The van der Waals surface area contributed by atoms with Gasteiger partial charge in [-0.05, 0) is 36.8 Å². The van der Waals surface area contributed by atoms with E-state index in [1.807, 2.05) is 0 Å².